The summed E-state index contributed by atoms with van der Waals surface area (Å²) in [5.41, 5.74) is 0.800. The summed E-state index contributed by atoms with van der Waals surface area (Å²) in [7, 11) is 1.55. The molecular formula is C22H20N2O4. The van der Waals surface area contributed by atoms with Gasteiger partial charge in [0.05, 0.1) is 13.7 Å². The van der Waals surface area contributed by atoms with Gasteiger partial charge in [0.25, 0.3) is 5.91 Å². The van der Waals surface area contributed by atoms with E-state index < -0.39 is 0 Å². The second-order valence-electron chi connectivity index (χ2n) is 5.69. The van der Waals surface area contributed by atoms with E-state index in [1.807, 2.05) is 42.5 Å². The molecule has 0 bridgehead atoms. The largest absolute Gasteiger partial charge is 0.493 e. The second kappa shape index (κ2) is 9.83. The summed E-state index contributed by atoms with van der Waals surface area (Å²) in [6, 6.07) is 16.8. The number of hydrogen-bond donors (Lipinski definition) is 1. The van der Waals surface area contributed by atoms with Gasteiger partial charge in [-0.1, -0.05) is 42.2 Å². The summed E-state index contributed by atoms with van der Waals surface area (Å²) in [4.78, 5) is 16.2. The number of methoxy groups -OCH3 is 1. The zero-order valence-electron chi connectivity index (χ0n) is 15.5. The van der Waals surface area contributed by atoms with E-state index in [2.05, 4.69) is 22.1 Å². The number of ether oxygens (including phenoxy) is 3. The van der Waals surface area contributed by atoms with E-state index >= 15 is 0 Å². The fraction of sp³-hybridized carbons (Fsp3) is 0.182. The van der Waals surface area contributed by atoms with Crippen LogP contribution in [0.5, 0.6) is 17.2 Å². The van der Waals surface area contributed by atoms with Crippen LogP contribution in [0.3, 0.4) is 0 Å². The van der Waals surface area contributed by atoms with Gasteiger partial charge in [-0.05, 0) is 24.3 Å². The number of benzene rings is 2. The molecule has 0 spiro atoms. The van der Waals surface area contributed by atoms with Crippen molar-refractivity contribution in [2.24, 2.45) is 0 Å². The van der Waals surface area contributed by atoms with Crippen molar-refractivity contribution in [2.45, 2.75) is 0 Å². The highest BCUT2D eigenvalue weighted by molar-refractivity contribution is 5.84. The SMILES string of the molecule is COc1ccccc1OCC(=O)NCC#CCOc1cccc2cccnc12. The summed E-state index contributed by atoms with van der Waals surface area (Å²) < 4.78 is 16.3. The maximum absolute atomic E-state index is 11.8. The molecule has 0 saturated carbocycles. The third-order valence-electron chi connectivity index (χ3n) is 3.82. The van der Waals surface area contributed by atoms with Crippen molar-refractivity contribution >= 4 is 16.8 Å². The molecule has 142 valence electrons. The predicted octanol–water partition coefficient (Wildman–Crippen LogP) is 2.82. The van der Waals surface area contributed by atoms with Gasteiger partial charge in [0.15, 0.2) is 18.1 Å². The van der Waals surface area contributed by atoms with Crippen LogP contribution in [0.25, 0.3) is 10.9 Å². The van der Waals surface area contributed by atoms with Gasteiger partial charge < -0.3 is 19.5 Å². The molecule has 0 radical (unpaired) electrons. The Labute approximate surface area is 163 Å². The molecule has 2 aromatic carbocycles. The first-order valence-corrected chi connectivity index (χ1v) is 8.72. The monoisotopic (exact) mass is 376 g/mol. The van der Waals surface area contributed by atoms with Crippen LogP contribution in [0.2, 0.25) is 0 Å². The van der Waals surface area contributed by atoms with Crippen molar-refractivity contribution in [3.63, 3.8) is 0 Å². The molecule has 0 fully saturated rings. The lowest BCUT2D eigenvalue weighted by Gasteiger charge is -2.09. The van der Waals surface area contributed by atoms with E-state index in [-0.39, 0.29) is 25.7 Å². The van der Waals surface area contributed by atoms with Crippen molar-refractivity contribution in [2.75, 3.05) is 26.9 Å². The zero-order valence-corrected chi connectivity index (χ0v) is 15.5. The molecule has 6 heteroatoms. The maximum Gasteiger partial charge on any atom is 0.258 e. The number of para-hydroxylation sites is 3. The third kappa shape index (κ3) is 5.15. The Hall–Kier alpha value is -3.72. The number of aromatic nitrogens is 1. The van der Waals surface area contributed by atoms with Crippen LogP contribution in [-0.2, 0) is 4.79 Å². The Morgan fingerprint density at radius 2 is 1.75 bits per heavy atom. The summed E-state index contributed by atoms with van der Waals surface area (Å²) >= 11 is 0. The average Bonchev–Trinajstić information content (AvgIpc) is 2.75. The first-order chi connectivity index (χ1) is 13.8. The Kier molecular flexibility index (Phi) is 6.69. The van der Waals surface area contributed by atoms with Gasteiger partial charge in [0.2, 0.25) is 0 Å². The average molecular weight is 376 g/mol. The van der Waals surface area contributed by atoms with Gasteiger partial charge in [0.1, 0.15) is 17.9 Å². The Morgan fingerprint density at radius 1 is 0.964 bits per heavy atom. The molecule has 1 aromatic heterocycles. The molecular weight excluding hydrogens is 356 g/mol. The smallest absolute Gasteiger partial charge is 0.258 e. The molecule has 6 nitrogen and oxygen atoms in total. The normalized spacial score (nSPS) is 9.89. The number of rotatable bonds is 7. The van der Waals surface area contributed by atoms with Crippen molar-refractivity contribution < 1.29 is 19.0 Å². The first-order valence-electron chi connectivity index (χ1n) is 8.72. The summed E-state index contributed by atoms with van der Waals surface area (Å²) in [5, 5.41) is 3.68. The molecule has 0 unspecified atom stereocenters. The minimum absolute atomic E-state index is 0.111. The van der Waals surface area contributed by atoms with Crippen molar-refractivity contribution in [3.05, 3.63) is 60.8 Å². The number of fused-ring (bicyclic) bond motifs is 1. The van der Waals surface area contributed by atoms with Crippen LogP contribution in [-0.4, -0.2) is 37.8 Å². The van der Waals surface area contributed by atoms with Crippen LogP contribution in [0.1, 0.15) is 0 Å². The van der Waals surface area contributed by atoms with E-state index in [4.69, 9.17) is 14.2 Å². The van der Waals surface area contributed by atoms with Crippen LogP contribution >= 0.6 is 0 Å². The van der Waals surface area contributed by atoms with E-state index in [0.29, 0.717) is 17.2 Å². The van der Waals surface area contributed by atoms with Gasteiger partial charge >= 0.3 is 0 Å². The Balaban J connectivity index is 1.41. The lowest BCUT2D eigenvalue weighted by Crippen LogP contribution is -2.29. The second-order valence-corrected chi connectivity index (χ2v) is 5.69. The van der Waals surface area contributed by atoms with E-state index in [1.165, 1.54) is 0 Å². The fourth-order valence-corrected chi connectivity index (χ4v) is 2.50. The summed E-state index contributed by atoms with van der Waals surface area (Å²) in [5.74, 6) is 7.23. The standard InChI is InChI=1S/C22H20N2O4/c1-26-18-10-2-3-11-19(18)28-16-21(25)23-13-4-5-15-27-20-12-6-8-17-9-7-14-24-22(17)20/h2-3,6-12,14H,13,15-16H2,1H3,(H,23,25). The first kappa shape index (κ1) is 19.1. The number of nitrogens with one attached hydrogen (secondary N) is 1. The Bertz CT molecular complexity index is 1000. The number of nitrogens with zero attached hydrogens (tertiary/aromatic N) is 1. The number of carbonyl (C=O) groups excluding carboxylic acids is 1. The van der Waals surface area contributed by atoms with Gasteiger partial charge in [-0.3, -0.25) is 9.78 Å². The van der Waals surface area contributed by atoms with E-state index in [9.17, 15) is 4.79 Å². The molecule has 0 saturated heterocycles. The predicted molar refractivity (Wildman–Crippen MR) is 107 cm³/mol. The number of carbonyl (C=O) groups is 1. The maximum atomic E-state index is 11.8. The highest BCUT2D eigenvalue weighted by Gasteiger charge is 2.06. The van der Waals surface area contributed by atoms with E-state index in [1.54, 1.807) is 25.4 Å². The molecule has 0 aliphatic heterocycles. The molecule has 0 aliphatic carbocycles. The van der Waals surface area contributed by atoms with Gasteiger partial charge in [-0.15, -0.1) is 0 Å². The number of pyridine rings is 1. The van der Waals surface area contributed by atoms with Gasteiger partial charge in [-0.2, -0.15) is 0 Å². The highest BCUT2D eigenvalue weighted by atomic mass is 16.5. The van der Waals surface area contributed by atoms with Gasteiger partial charge in [-0.25, -0.2) is 0 Å². The topological polar surface area (TPSA) is 69.7 Å². The Morgan fingerprint density at radius 3 is 2.61 bits per heavy atom. The van der Waals surface area contributed by atoms with Crippen molar-refractivity contribution in [1.82, 2.24) is 10.3 Å². The fourth-order valence-electron chi connectivity index (χ4n) is 2.50. The summed E-state index contributed by atoms with van der Waals surface area (Å²) in [6.07, 6.45) is 1.73. The molecule has 1 N–H and O–H groups in total. The molecule has 3 rings (SSSR count). The van der Waals surface area contributed by atoms with Crippen molar-refractivity contribution in [3.8, 4) is 29.1 Å². The quantitative estimate of drug-likeness (QED) is 0.642. The molecule has 0 atom stereocenters. The molecule has 1 heterocycles. The lowest BCUT2D eigenvalue weighted by molar-refractivity contribution is -0.122. The number of hydrogen-bond acceptors (Lipinski definition) is 5. The lowest BCUT2D eigenvalue weighted by atomic mass is 10.2. The van der Waals surface area contributed by atoms with Crippen molar-refractivity contribution in [1.29, 1.82) is 0 Å². The molecule has 3 aromatic rings. The van der Waals surface area contributed by atoms with Crippen LogP contribution in [0.15, 0.2) is 60.8 Å². The third-order valence-corrected chi connectivity index (χ3v) is 3.82. The van der Waals surface area contributed by atoms with Crippen LogP contribution in [0, 0.1) is 11.8 Å². The van der Waals surface area contributed by atoms with Gasteiger partial charge in [0, 0.05) is 11.6 Å². The zero-order chi connectivity index (χ0) is 19.6. The minimum atomic E-state index is -0.264. The van der Waals surface area contributed by atoms with Crippen LogP contribution < -0.4 is 19.5 Å². The molecule has 0 aliphatic rings. The molecule has 28 heavy (non-hydrogen) atoms. The minimum Gasteiger partial charge on any atom is -0.493 e. The number of amides is 1. The highest BCUT2D eigenvalue weighted by Crippen LogP contribution is 2.25. The van der Waals surface area contributed by atoms with Crippen LogP contribution in [0.4, 0.5) is 0 Å². The summed E-state index contributed by atoms with van der Waals surface area (Å²) in [6.45, 7) is 0.314. The molecule has 1 amide bonds. The van der Waals surface area contributed by atoms with E-state index in [0.717, 1.165) is 10.9 Å².